The Morgan fingerprint density at radius 2 is 1.83 bits per heavy atom. The molecule has 0 saturated heterocycles. The molecule has 1 aromatic carbocycles. The minimum atomic E-state index is -0.114. The van der Waals surface area contributed by atoms with Crippen LogP contribution in [0.3, 0.4) is 0 Å². The molecule has 0 bridgehead atoms. The second-order valence-electron chi connectivity index (χ2n) is 4.97. The van der Waals surface area contributed by atoms with Crippen molar-refractivity contribution in [1.82, 2.24) is 16.0 Å². The number of likely N-dealkylation sites (N-methyl/N-ethyl adjacent to an activating group) is 1. The minimum absolute atomic E-state index is 0.114. The summed E-state index contributed by atoms with van der Waals surface area (Å²) in [5, 5.41) is 17.0. The summed E-state index contributed by atoms with van der Waals surface area (Å²) in [6, 6.07) is 6.99. The Hall–Kier alpha value is -1.93. The van der Waals surface area contributed by atoms with E-state index < -0.39 is 0 Å². The van der Waals surface area contributed by atoms with Crippen LogP contribution in [-0.4, -0.2) is 31.8 Å². The molecule has 6 heteroatoms. The van der Waals surface area contributed by atoms with E-state index in [0.29, 0.717) is 23.5 Å². The van der Waals surface area contributed by atoms with Crippen LogP contribution < -0.4 is 16.0 Å². The predicted octanol–water partition coefficient (Wildman–Crippen LogP) is 2.96. The van der Waals surface area contributed by atoms with Crippen molar-refractivity contribution < 1.29 is 4.79 Å². The van der Waals surface area contributed by atoms with Crippen LogP contribution in [0.1, 0.15) is 22.8 Å². The van der Waals surface area contributed by atoms with Gasteiger partial charge in [-0.3, -0.25) is 4.79 Å². The van der Waals surface area contributed by atoms with Gasteiger partial charge in [0.05, 0.1) is 9.42 Å². The Bertz CT molecular complexity index is 647. The second-order valence-corrected chi connectivity index (χ2v) is 6.13. The van der Waals surface area contributed by atoms with E-state index >= 15 is 0 Å². The van der Waals surface area contributed by atoms with Gasteiger partial charge in [-0.1, -0.05) is 24.8 Å². The van der Waals surface area contributed by atoms with E-state index in [2.05, 4.69) is 45.1 Å². The molecule has 0 radical (unpaired) electrons. The first-order chi connectivity index (χ1) is 11.5. The third-order valence-corrected chi connectivity index (χ3v) is 4.00. The van der Waals surface area contributed by atoms with E-state index in [1.165, 1.54) is 0 Å². The lowest BCUT2D eigenvalue weighted by molar-refractivity contribution is 0.0954. The van der Waals surface area contributed by atoms with Gasteiger partial charge in [-0.25, -0.2) is 0 Å². The molecular formula is C18H23IN4O. The van der Waals surface area contributed by atoms with E-state index in [1.54, 1.807) is 36.4 Å². The number of amides is 1. The lowest BCUT2D eigenvalue weighted by Gasteiger charge is -2.06. The Morgan fingerprint density at radius 3 is 2.42 bits per heavy atom. The summed E-state index contributed by atoms with van der Waals surface area (Å²) in [5.74, 6) is -0.114. The van der Waals surface area contributed by atoms with Crippen LogP contribution in [0.25, 0.3) is 0 Å². The maximum Gasteiger partial charge on any atom is 0.251 e. The largest absolute Gasteiger partial charge is 0.351 e. The lowest BCUT2D eigenvalue weighted by Crippen LogP contribution is -2.30. The van der Waals surface area contributed by atoms with Crippen molar-refractivity contribution in [2.24, 2.45) is 0 Å². The zero-order valence-corrected chi connectivity index (χ0v) is 16.1. The van der Waals surface area contributed by atoms with Gasteiger partial charge in [-0.2, -0.15) is 0 Å². The van der Waals surface area contributed by atoms with Crippen molar-refractivity contribution in [2.45, 2.75) is 6.92 Å². The molecule has 0 saturated carbocycles. The van der Waals surface area contributed by atoms with Crippen LogP contribution >= 0.6 is 22.6 Å². The van der Waals surface area contributed by atoms with E-state index in [4.69, 9.17) is 5.41 Å². The quantitative estimate of drug-likeness (QED) is 0.158. The molecule has 0 aliphatic heterocycles. The van der Waals surface area contributed by atoms with Crippen molar-refractivity contribution in [3.05, 3.63) is 69.6 Å². The zero-order chi connectivity index (χ0) is 17.9. The van der Waals surface area contributed by atoms with Crippen LogP contribution in [0.5, 0.6) is 0 Å². The van der Waals surface area contributed by atoms with Gasteiger partial charge in [0.1, 0.15) is 0 Å². The van der Waals surface area contributed by atoms with Gasteiger partial charge in [-0.15, -0.1) is 0 Å². The maximum atomic E-state index is 11.9. The molecule has 0 aromatic heterocycles. The molecule has 24 heavy (non-hydrogen) atoms. The van der Waals surface area contributed by atoms with E-state index in [0.717, 1.165) is 15.8 Å². The summed E-state index contributed by atoms with van der Waals surface area (Å²) in [6.07, 6.45) is 5.37. The van der Waals surface area contributed by atoms with Crippen molar-refractivity contribution >= 4 is 34.2 Å². The van der Waals surface area contributed by atoms with Crippen LogP contribution in [0.4, 0.5) is 0 Å². The highest BCUT2D eigenvalue weighted by Gasteiger charge is 2.05. The second kappa shape index (κ2) is 10.8. The van der Waals surface area contributed by atoms with Crippen LogP contribution in [0.2, 0.25) is 0 Å². The molecule has 0 aliphatic rings. The van der Waals surface area contributed by atoms with Gasteiger partial charge in [-0.05, 0) is 66.4 Å². The summed E-state index contributed by atoms with van der Waals surface area (Å²) < 4.78 is 0.974. The maximum absolute atomic E-state index is 11.9. The van der Waals surface area contributed by atoms with E-state index in [9.17, 15) is 4.79 Å². The summed E-state index contributed by atoms with van der Waals surface area (Å²) in [6.45, 7) is 7.12. The molecule has 128 valence electrons. The summed E-state index contributed by atoms with van der Waals surface area (Å²) in [7, 11) is 1.84. The fourth-order valence-corrected chi connectivity index (χ4v) is 2.10. The fourth-order valence-electron chi connectivity index (χ4n) is 1.75. The molecule has 1 aromatic rings. The first-order valence-electron chi connectivity index (χ1n) is 7.55. The number of benzene rings is 1. The van der Waals surface area contributed by atoms with Crippen LogP contribution in [0.15, 0.2) is 58.5 Å². The summed E-state index contributed by atoms with van der Waals surface area (Å²) in [5.41, 5.74) is 2.39. The number of hydrogen-bond donors (Lipinski definition) is 4. The van der Waals surface area contributed by atoms with Crippen LogP contribution in [-0.2, 0) is 0 Å². The van der Waals surface area contributed by atoms with Crippen molar-refractivity contribution in [1.29, 1.82) is 5.41 Å². The number of rotatable bonds is 9. The molecule has 0 aliphatic carbocycles. The monoisotopic (exact) mass is 438 g/mol. The van der Waals surface area contributed by atoms with Crippen molar-refractivity contribution in [2.75, 3.05) is 20.1 Å². The fraction of sp³-hybridized carbons (Fsp3) is 0.222. The highest BCUT2D eigenvalue weighted by Crippen LogP contribution is 2.08. The van der Waals surface area contributed by atoms with Crippen molar-refractivity contribution in [3.63, 3.8) is 0 Å². The highest BCUT2D eigenvalue weighted by molar-refractivity contribution is 14.1. The van der Waals surface area contributed by atoms with Gasteiger partial charge in [0.25, 0.3) is 5.91 Å². The zero-order valence-electron chi connectivity index (χ0n) is 13.9. The standard InChI is InChI=1S/C18H23IN4O/c1-4-17(19)23-13(2)5-10-16(20)14-6-8-15(9-7-14)18(24)22-12-11-21-3/h4-10,20-21,23H,2,11-12H2,1,3H3,(H,22,24)/b10-5-,17-4-,20-16?. The number of halogens is 1. The molecule has 0 atom stereocenters. The molecule has 0 heterocycles. The molecular weight excluding hydrogens is 415 g/mol. The Morgan fingerprint density at radius 1 is 1.21 bits per heavy atom. The minimum Gasteiger partial charge on any atom is -0.351 e. The van der Waals surface area contributed by atoms with Crippen molar-refractivity contribution in [3.8, 4) is 0 Å². The van der Waals surface area contributed by atoms with Gasteiger partial charge < -0.3 is 21.4 Å². The molecule has 1 rings (SSSR count). The number of allylic oxidation sites excluding steroid dienone is 3. The van der Waals surface area contributed by atoms with Gasteiger partial charge >= 0.3 is 0 Å². The number of carbonyl (C=O) groups excluding carboxylic acids is 1. The Labute approximate surface area is 157 Å². The highest BCUT2D eigenvalue weighted by atomic mass is 127. The molecule has 1 amide bonds. The first-order valence-corrected chi connectivity index (χ1v) is 8.63. The topological polar surface area (TPSA) is 77.0 Å². The predicted molar refractivity (Wildman–Crippen MR) is 109 cm³/mol. The number of nitrogens with one attached hydrogen (secondary N) is 4. The SMILES string of the molecule is C=C(/C=C\C(=N)c1ccc(C(=O)NCCNC)cc1)N/C(I)=C\C. The average molecular weight is 438 g/mol. The Kier molecular flexibility index (Phi) is 9.03. The lowest BCUT2D eigenvalue weighted by atomic mass is 10.1. The van der Waals surface area contributed by atoms with Gasteiger partial charge in [0.15, 0.2) is 0 Å². The average Bonchev–Trinajstić information content (AvgIpc) is 2.59. The normalized spacial score (nSPS) is 11.4. The van der Waals surface area contributed by atoms with E-state index in [1.807, 2.05) is 20.0 Å². The Balaban J connectivity index is 2.63. The molecule has 5 nitrogen and oxygen atoms in total. The molecule has 0 spiro atoms. The molecule has 0 fully saturated rings. The van der Waals surface area contributed by atoms with Gasteiger partial charge in [0.2, 0.25) is 0 Å². The van der Waals surface area contributed by atoms with Gasteiger partial charge in [0, 0.05) is 24.4 Å². The van der Waals surface area contributed by atoms with Crippen LogP contribution in [0, 0.1) is 5.41 Å². The number of carbonyl (C=O) groups is 1. The smallest absolute Gasteiger partial charge is 0.251 e. The van der Waals surface area contributed by atoms with E-state index in [-0.39, 0.29) is 5.91 Å². The third-order valence-electron chi connectivity index (χ3n) is 3.10. The third kappa shape index (κ3) is 7.10. The first kappa shape index (κ1) is 20.1. The number of hydrogen-bond acceptors (Lipinski definition) is 4. The summed E-state index contributed by atoms with van der Waals surface area (Å²) in [4.78, 5) is 11.9. The summed E-state index contributed by atoms with van der Waals surface area (Å²) >= 11 is 2.17. The molecule has 4 N–H and O–H groups in total. The molecule has 0 unspecified atom stereocenters.